The zero-order valence-electron chi connectivity index (χ0n) is 16.7. The van der Waals surface area contributed by atoms with Gasteiger partial charge < -0.3 is 15.5 Å². The number of nitrogens with zero attached hydrogens (tertiary/aromatic N) is 3. The lowest BCUT2D eigenvalue weighted by atomic mass is 10.1. The molecular formula is C21H29FIN5S. The molecule has 1 aliphatic heterocycles. The van der Waals surface area contributed by atoms with Gasteiger partial charge in [-0.3, -0.25) is 4.99 Å². The Hall–Kier alpha value is -1.55. The summed E-state index contributed by atoms with van der Waals surface area (Å²) in [5.74, 6) is 2.47. The van der Waals surface area contributed by atoms with Crippen LogP contribution in [-0.2, 0) is 0 Å². The average molecular weight is 529 g/mol. The minimum Gasteiger partial charge on any atom is -0.357 e. The number of hydrogen-bond acceptors (Lipinski definition) is 4. The molecule has 8 heteroatoms. The van der Waals surface area contributed by atoms with Gasteiger partial charge >= 0.3 is 0 Å². The maximum Gasteiger partial charge on any atom is 0.191 e. The Morgan fingerprint density at radius 3 is 2.66 bits per heavy atom. The second-order valence-corrected chi connectivity index (χ2v) is 7.77. The number of pyridine rings is 1. The van der Waals surface area contributed by atoms with Crippen LogP contribution in [0, 0.1) is 5.82 Å². The standard InChI is InChI=1S/C21H28FN5S.HI/c1-2-23-21(25-13-16-28-19-8-4-3-7-18(19)22)26-17-10-14-27(15-11-17)20-9-5-6-12-24-20;/h3-9,12,17H,2,10-11,13-16H2,1H3,(H2,23,25,26);1H. The van der Waals surface area contributed by atoms with Crippen LogP contribution in [0.25, 0.3) is 0 Å². The fraction of sp³-hybridized carbons (Fsp3) is 0.429. The van der Waals surface area contributed by atoms with E-state index in [4.69, 9.17) is 0 Å². The van der Waals surface area contributed by atoms with Gasteiger partial charge in [-0.15, -0.1) is 35.7 Å². The van der Waals surface area contributed by atoms with Crippen molar-refractivity contribution in [2.24, 2.45) is 4.99 Å². The van der Waals surface area contributed by atoms with E-state index in [1.165, 1.54) is 17.8 Å². The zero-order valence-corrected chi connectivity index (χ0v) is 19.8. The van der Waals surface area contributed by atoms with Crippen LogP contribution in [0.1, 0.15) is 19.8 Å². The molecule has 2 aromatic rings. The Morgan fingerprint density at radius 2 is 1.97 bits per heavy atom. The Morgan fingerprint density at radius 1 is 1.21 bits per heavy atom. The summed E-state index contributed by atoms with van der Waals surface area (Å²) in [5.41, 5.74) is 0. The second-order valence-electron chi connectivity index (χ2n) is 6.63. The summed E-state index contributed by atoms with van der Waals surface area (Å²) in [7, 11) is 0. The molecule has 0 unspecified atom stereocenters. The maximum atomic E-state index is 13.7. The van der Waals surface area contributed by atoms with E-state index >= 15 is 0 Å². The van der Waals surface area contributed by atoms with Crippen LogP contribution in [0.3, 0.4) is 0 Å². The van der Waals surface area contributed by atoms with Crippen LogP contribution >= 0.6 is 35.7 Å². The molecule has 158 valence electrons. The molecular weight excluding hydrogens is 500 g/mol. The minimum absolute atomic E-state index is 0. The van der Waals surface area contributed by atoms with E-state index in [0.29, 0.717) is 17.5 Å². The first-order chi connectivity index (χ1) is 13.8. The van der Waals surface area contributed by atoms with Gasteiger partial charge in [-0.2, -0.15) is 0 Å². The Bertz CT molecular complexity index is 754. The minimum atomic E-state index is -0.166. The molecule has 5 nitrogen and oxygen atoms in total. The molecule has 0 saturated carbocycles. The summed E-state index contributed by atoms with van der Waals surface area (Å²) < 4.78 is 13.7. The highest BCUT2D eigenvalue weighted by atomic mass is 127. The molecule has 0 bridgehead atoms. The molecule has 0 atom stereocenters. The lowest BCUT2D eigenvalue weighted by molar-refractivity contribution is 0.460. The third kappa shape index (κ3) is 7.65. The van der Waals surface area contributed by atoms with Crippen LogP contribution in [0.15, 0.2) is 58.5 Å². The first-order valence-electron chi connectivity index (χ1n) is 9.84. The quantitative estimate of drug-likeness (QED) is 0.186. The van der Waals surface area contributed by atoms with E-state index in [9.17, 15) is 4.39 Å². The van der Waals surface area contributed by atoms with Crippen molar-refractivity contribution < 1.29 is 4.39 Å². The van der Waals surface area contributed by atoms with E-state index in [2.05, 4.69) is 38.5 Å². The SMILES string of the molecule is CCNC(=NCCSc1ccccc1F)NC1CCN(c2ccccn2)CC1.I. The van der Waals surface area contributed by atoms with E-state index in [0.717, 1.165) is 50.0 Å². The maximum absolute atomic E-state index is 13.7. The lowest BCUT2D eigenvalue weighted by Crippen LogP contribution is -2.49. The molecule has 0 amide bonds. The second kappa shape index (κ2) is 12.9. The van der Waals surface area contributed by atoms with Gasteiger partial charge in [-0.05, 0) is 44.0 Å². The normalized spacial score (nSPS) is 15.0. The highest BCUT2D eigenvalue weighted by Crippen LogP contribution is 2.21. The van der Waals surface area contributed by atoms with Gasteiger partial charge in [0.25, 0.3) is 0 Å². The number of aliphatic imine (C=N–C) groups is 1. The third-order valence-corrected chi connectivity index (χ3v) is 5.64. The van der Waals surface area contributed by atoms with Gasteiger partial charge in [0.1, 0.15) is 11.6 Å². The molecule has 1 aliphatic rings. The molecule has 29 heavy (non-hydrogen) atoms. The highest BCUT2D eigenvalue weighted by molar-refractivity contribution is 14.0. The first-order valence-corrected chi connectivity index (χ1v) is 10.8. The molecule has 0 aliphatic carbocycles. The first kappa shape index (κ1) is 23.7. The van der Waals surface area contributed by atoms with Gasteiger partial charge in [-0.1, -0.05) is 18.2 Å². The topological polar surface area (TPSA) is 52.6 Å². The van der Waals surface area contributed by atoms with E-state index in [1.807, 2.05) is 30.5 Å². The summed E-state index contributed by atoms with van der Waals surface area (Å²) in [6, 6.07) is 13.3. The number of halogens is 2. The van der Waals surface area contributed by atoms with Crippen LogP contribution < -0.4 is 15.5 Å². The third-order valence-electron chi connectivity index (χ3n) is 4.61. The summed E-state index contributed by atoms with van der Waals surface area (Å²) in [6.45, 7) is 5.49. The summed E-state index contributed by atoms with van der Waals surface area (Å²) in [4.78, 5) is 12.1. The van der Waals surface area contributed by atoms with Crippen molar-refractivity contribution in [2.45, 2.75) is 30.7 Å². The largest absolute Gasteiger partial charge is 0.357 e. The molecule has 1 aromatic heterocycles. The smallest absolute Gasteiger partial charge is 0.191 e. The average Bonchev–Trinajstić information content (AvgIpc) is 2.73. The van der Waals surface area contributed by atoms with Crippen LogP contribution in [-0.4, -0.2) is 48.9 Å². The molecule has 0 spiro atoms. The monoisotopic (exact) mass is 529 g/mol. The van der Waals surface area contributed by atoms with Crippen molar-refractivity contribution in [1.29, 1.82) is 0 Å². The summed E-state index contributed by atoms with van der Waals surface area (Å²) in [6.07, 6.45) is 3.94. The van der Waals surface area contributed by atoms with Crippen molar-refractivity contribution in [3.8, 4) is 0 Å². The molecule has 2 heterocycles. The van der Waals surface area contributed by atoms with Crippen molar-refractivity contribution in [2.75, 3.05) is 36.8 Å². The predicted octanol–water partition coefficient (Wildman–Crippen LogP) is 4.15. The van der Waals surface area contributed by atoms with Crippen molar-refractivity contribution in [3.05, 3.63) is 54.5 Å². The van der Waals surface area contributed by atoms with Crippen molar-refractivity contribution in [1.82, 2.24) is 15.6 Å². The van der Waals surface area contributed by atoms with Gasteiger partial charge in [0, 0.05) is 42.5 Å². The molecule has 1 saturated heterocycles. The lowest BCUT2D eigenvalue weighted by Gasteiger charge is -2.33. The van der Waals surface area contributed by atoms with E-state index in [1.54, 1.807) is 6.07 Å². The number of thioether (sulfide) groups is 1. The summed E-state index contributed by atoms with van der Waals surface area (Å²) >= 11 is 1.50. The Labute approximate surface area is 194 Å². The summed E-state index contributed by atoms with van der Waals surface area (Å²) in [5, 5.41) is 6.86. The molecule has 1 fully saturated rings. The number of aromatic nitrogens is 1. The number of anilines is 1. The van der Waals surface area contributed by atoms with E-state index < -0.39 is 0 Å². The Kier molecular flexibility index (Phi) is 10.5. The predicted molar refractivity (Wildman–Crippen MR) is 131 cm³/mol. The van der Waals surface area contributed by atoms with E-state index in [-0.39, 0.29) is 29.8 Å². The van der Waals surface area contributed by atoms with Gasteiger partial charge in [0.2, 0.25) is 0 Å². The Balaban J connectivity index is 0.00000300. The van der Waals surface area contributed by atoms with Crippen LogP contribution in [0.4, 0.5) is 10.2 Å². The number of piperidine rings is 1. The fourth-order valence-corrected chi connectivity index (χ4v) is 3.97. The molecule has 3 rings (SSSR count). The number of nitrogens with one attached hydrogen (secondary N) is 2. The molecule has 0 radical (unpaired) electrons. The van der Waals surface area contributed by atoms with Crippen molar-refractivity contribution >= 4 is 47.5 Å². The van der Waals surface area contributed by atoms with Gasteiger partial charge in [0.05, 0.1) is 6.54 Å². The molecule has 1 aromatic carbocycles. The molecule has 2 N–H and O–H groups in total. The number of benzene rings is 1. The van der Waals surface area contributed by atoms with Crippen LogP contribution in [0.5, 0.6) is 0 Å². The van der Waals surface area contributed by atoms with Crippen LogP contribution in [0.2, 0.25) is 0 Å². The highest BCUT2D eigenvalue weighted by Gasteiger charge is 2.20. The number of guanidine groups is 1. The fourth-order valence-electron chi connectivity index (χ4n) is 3.18. The van der Waals surface area contributed by atoms with Crippen molar-refractivity contribution in [3.63, 3.8) is 0 Å². The van der Waals surface area contributed by atoms with Gasteiger partial charge in [-0.25, -0.2) is 9.37 Å². The number of rotatable bonds is 7. The zero-order chi connectivity index (χ0) is 19.6. The number of hydrogen-bond donors (Lipinski definition) is 2. The van der Waals surface area contributed by atoms with Gasteiger partial charge in [0.15, 0.2) is 5.96 Å².